The molecule has 0 N–H and O–H groups in total. The van der Waals surface area contributed by atoms with Crippen molar-refractivity contribution in [1.82, 2.24) is 0 Å². The zero-order valence-electron chi connectivity index (χ0n) is 9.09. The predicted molar refractivity (Wildman–Crippen MR) is 59.3 cm³/mol. The molecule has 1 rings (SSSR count). The molecule has 1 saturated heterocycles. The van der Waals surface area contributed by atoms with Crippen LogP contribution in [0.2, 0.25) is 0 Å². The van der Waals surface area contributed by atoms with E-state index >= 15 is 0 Å². The number of rotatable bonds is 4. The second-order valence-corrected chi connectivity index (χ2v) is 6.74. The highest BCUT2D eigenvalue weighted by Crippen LogP contribution is 2.56. The van der Waals surface area contributed by atoms with Crippen LogP contribution in [-0.2, 0) is 0 Å². The monoisotopic (exact) mass is 186 g/mol. The van der Waals surface area contributed by atoms with E-state index in [1.807, 2.05) is 0 Å². The van der Waals surface area contributed by atoms with E-state index in [2.05, 4.69) is 34.6 Å². The fourth-order valence-corrected chi connectivity index (χ4v) is 3.53. The molecule has 0 saturated carbocycles. The van der Waals surface area contributed by atoms with Crippen LogP contribution in [-0.4, -0.2) is 11.3 Å². The minimum absolute atomic E-state index is 0.878. The summed E-state index contributed by atoms with van der Waals surface area (Å²) in [5.41, 5.74) is 2.19. The van der Waals surface area contributed by atoms with Crippen LogP contribution in [0.15, 0.2) is 0 Å². The molecule has 4 atom stereocenters. The second kappa shape index (κ2) is 4.09. The summed E-state index contributed by atoms with van der Waals surface area (Å²) >= 11 is 0. The van der Waals surface area contributed by atoms with Gasteiger partial charge in [-0.15, -0.1) is 8.58 Å². The van der Waals surface area contributed by atoms with Crippen LogP contribution in [0.4, 0.5) is 0 Å². The minimum atomic E-state index is 0.878. The van der Waals surface area contributed by atoms with Crippen molar-refractivity contribution in [1.29, 1.82) is 0 Å². The van der Waals surface area contributed by atoms with Crippen molar-refractivity contribution in [2.24, 2.45) is 17.8 Å². The van der Waals surface area contributed by atoms with E-state index in [9.17, 15) is 0 Å². The molecule has 0 aliphatic carbocycles. The first-order valence-corrected chi connectivity index (χ1v) is 6.44. The molecular formula is C11H23P. The lowest BCUT2D eigenvalue weighted by Gasteiger charge is -2.15. The van der Waals surface area contributed by atoms with Gasteiger partial charge in [0.2, 0.25) is 0 Å². The molecule has 72 valence electrons. The van der Waals surface area contributed by atoms with Gasteiger partial charge in [-0.05, 0) is 35.5 Å². The van der Waals surface area contributed by atoms with Crippen LogP contribution in [0.5, 0.6) is 0 Å². The Balaban J connectivity index is 2.19. The lowest BCUT2D eigenvalue weighted by Crippen LogP contribution is -2.10. The second-order valence-electron chi connectivity index (χ2n) is 5.00. The number of hydrogen-bond donors (Lipinski definition) is 0. The summed E-state index contributed by atoms with van der Waals surface area (Å²) in [6.45, 7) is 11.8. The SMILES string of the molecule is CC(C)C(C)CC1PC1C(C)C. The number of hydrogen-bond acceptors (Lipinski definition) is 0. The Labute approximate surface area is 79.3 Å². The van der Waals surface area contributed by atoms with E-state index in [0.717, 1.165) is 29.1 Å². The molecule has 0 aromatic rings. The van der Waals surface area contributed by atoms with Gasteiger partial charge in [0, 0.05) is 0 Å². The van der Waals surface area contributed by atoms with Gasteiger partial charge in [0.25, 0.3) is 0 Å². The zero-order valence-corrected chi connectivity index (χ0v) is 10.1. The largest absolute Gasteiger partial charge is 0.114 e. The lowest BCUT2D eigenvalue weighted by molar-refractivity contribution is 0.388. The molecule has 0 aromatic heterocycles. The first-order chi connectivity index (χ1) is 5.52. The van der Waals surface area contributed by atoms with E-state index in [4.69, 9.17) is 0 Å². The van der Waals surface area contributed by atoms with Crippen molar-refractivity contribution in [2.75, 3.05) is 0 Å². The minimum Gasteiger partial charge on any atom is -0.114 e. The van der Waals surface area contributed by atoms with Crippen LogP contribution in [0, 0.1) is 17.8 Å². The van der Waals surface area contributed by atoms with Crippen LogP contribution >= 0.6 is 8.58 Å². The molecule has 0 aromatic carbocycles. The Kier molecular flexibility index (Phi) is 3.58. The van der Waals surface area contributed by atoms with E-state index in [1.165, 1.54) is 15.0 Å². The predicted octanol–water partition coefficient (Wildman–Crippen LogP) is 3.75. The van der Waals surface area contributed by atoms with Crippen molar-refractivity contribution in [3.8, 4) is 0 Å². The molecular weight excluding hydrogens is 163 g/mol. The quantitative estimate of drug-likeness (QED) is 0.586. The third kappa shape index (κ3) is 2.73. The highest BCUT2D eigenvalue weighted by atomic mass is 31.1. The average molecular weight is 186 g/mol. The maximum atomic E-state index is 2.41. The summed E-state index contributed by atoms with van der Waals surface area (Å²) in [5, 5.41) is 0. The van der Waals surface area contributed by atoms with Gasteiger partial charge in [0.15, 0.2) is 0 Å². The summed E-state index contributed by atoms with van der Waals surface area (Å²) in [6.07, 6.45) is 1.49. The van der Waals surface area contributed by atoms with Crippen molar-refractivity contribution in [3.63, 3.8) is 0 Å². The van der Waals surface area contributed by atoms with Gasteiger partial charge < -0.3 is 0 Å². The highest BCUT2D eigenvalue weighted by molar-refractivity contribution is 7.49. The van der Waals surface area contributed by atoms with E-state index in [-0.39, 0.29) is 0 Å². The van der Waals surface area contributed by atoms with Gasteiger partial charge in [0.1, 0.15) is 0 Å². The van der Waals surface area contributed by atoms with Crippen LogP contribution in [0.3, 0.4) is 0 Å². The highest BCUT2D eigenvalue weighted by Gasteiger charge is 2.39. The van der Waals surface area contributed by atoms with Crippen LogP contribution < -0.4 is 0 Å². The molecule has 1 aliphatic heterocycles. The van der Waals surface area contributed by atoms with Gasteiger partial charge >= 0.3 is 0 Å². The molecule has 1 fully saturated rings. The molecule has 1 aliphatic rings. The Morgan fingerprint density at radius 1 is 1.08 bits per heavy atom. The van der Waals surface area contributed by atoms with Gasteiger partial charge in [-0.25, -0.2) is 0 Å². The fraction of sp³-hybridized carbons (Fsp3) is 1.00. The van der Waals surface area contributed by atoms with Crippen molar-refractivity contribution < 1.29 is 0 Å². The molecule has 0 bridgehead atoms. The van der Waals surface area contributed by atoms with Gasteiger partial charge in [-0.3, -0.25) is 0 Å². The summed E-state index contributed by atoms with van der Waals surface area (Å²) in [6, 6.07) is 0. The Morgan fingerprint density at radius 2 is 1.67 bits per heavy atom. The molecule has 0 nitrogen and oxygen atoms in total. The summed E-state index contributed by atoms with van der Waals surface area (Å²) in [5.74, 6) is 2.75. The van der Waals surface area contributed by atoms with E-state index in [1.54, 1.807) is 0 Å². The lowest BCUT2D eigenvalue weighted by atomic mass is 9.91. The Morgan fingerprint density at radius 3 is 2.00 bits per heavy atom. The average Bonchev–Trinajstić information content (AvgIpc) is 2.67. The van der Waals surface area contributed by atoms with Gasteiger partial charge in [-0.1, -0.05) is 34.6 Å². The fourth-order valence-electron chi connectivity index (χ4n) is 1.74. The van der Waals surface area contributed by atoms with E-state index < -0.39 is 0 Å². The third-order valence-electron chi connectivity index (χ3n) is 3.21. The molecule has 1 heterocycles. The summed E-state index contributed by atoms with van der Waals surface area (Å²) < 4.78 is 0. The van der Waals surface area contributed by atoms with E-state index in [0.29, 0.717) is 0 Å². The maximum Gasteiger partial charge on any atom is -0.0145 e. The topological polar surface area (TPSA) is 0 Å². The smallest absolute Gasteiger partial charge is 0.0145 e. The molecule has 0 amide bonds. The molecule has 12 heavy (non-hydrogen) atoms. The van der Waals surface area contributed by atoms with Crippen LogP contribution in [0.25, 0.3) is 0 Å². The summed E-state index contributed by atoms with van der Waals surface area (Å²) in [4.78, 5) is 0. The first-order valence-electron chi connectivity index (χ1n) is 5.28. The maximum absolute atomic E-state index is 2.41. The van der Waals surface area contributed by atoms with Crippen molar-refractivity contribution in [3.05, 3.63) is 0 Å². The molecule has 1 heteroatoms. The van der Waals surface area contributed by atoms with Crippen molar-refractivity contribution >= 4 is 8.58 Å². The Hall–Kier alpha value is 0.430. The Bertz CT molecular complexity index is 140. The van der Waals surface area contributed by atoms with Crippen molar-refractivity contribution in [2.45, 2.75) is 52.4 Å². The molecule has 4 unspecified atom stereocenters. The summed E-state index contributed by atoms with van der Waals surface area (Å²) in [7, 11) is 1.28. The molecule has 0 spiro atoms. The normalized spacial score (nSPS) is 33.2. The third-order valence-corrected chi connectivity index (χ3v) is 5.30. The standard InChI is InChI=1S/C11H23P/c1-7(2)9(5)6-10-11(12-10)8(3)4/h7-12H,6H2,1-5H3. The first kappa shape index (κ1) is 10.5. The van der Waals surface area contributed by atoms with Gasteiger partial charge in [0.05, 0.1) is 0 Å². The van der Waals surface area contributed by atoms with Gasteiger partial charge in [-0.2, -0.15) is 0 Å². The molecule has 0 radical (unpaired) electrons. The zero-order chi connectivity index (χ0) is 9.30. The van der Waals surface area contributed by atoms with Crippen LogP contribution in [0.1, 0.15) is 41.0 Å².